The molecule has 0 radical (unpaired) electrons. The molecule has 0 aromatic heterocycles. The molecule has 1 aliphatic rings. The van der Waals surface area contributed by atoms with Crippen molar-refractivity contribution in [3.63, 3.8) is 0 Å². The molecule has 1 aromatic carbocycles. The van der Waals surface area contributed by atoms with Gasteiger partial charge in [0.2, 0.25) is 5.91 Å². The summed E-state index contributed by atoms with van der Waals surface area (Å²) in [6.07, 6.45) is -0.460. The van der Waals surface area contributed by atoms with Crippen LogP contribution in [0.4, 0.5) is 0 Å². The standard InChI is InChI=1S/C12H14N2O4/c1-17-12-10(11(16)14-12)13-9(15)7-18-8-5-3-2-4-6-8/h2-6,10,12H,7H2,1H3,(H,13,15)(H,14,16)/t10-,12+/m1/s1. The molecule has 2 amide bonds. The van der Waals surface area contributed by atoms with Crippen molar-refractivity contribution >= 4 is 11.8 Å². The fourth-order valence-electron chi connectivity index (χ4n) is 1.57. The number of hydrogen-bond donors (Lipinski definition) is 2. The lowest BCUT2D eigenvalue weighted by Gasteiger charge is -2.35. The first kappa shape index (κ1) is 12.4. The predicted molar refractivity (Wildman–Crippen MR) is 62.8 cm³/mol. The summed E-state index contributed by atoms with van der Waals surface area (Å²) in [7, 11) is 1.46. The summed E-state index contributed by atoms with van der Waals surface area (Å²) in [6, 6.07) is 8.35. The molecule has 18 heavy (non-hydrogen) atoms. The molecular formula is C12H14N2O4. The van der Waals surface area contributed by atoms with Crippen LogP contribution in [0.25, 0.3) is 0 Å². The van der Waals surface area contributed by atoms with Crippen LogP contribution in [-0.2, 0) is 14.3 Å². The van der Waals surface area contributed by atoms with Gasteiger partial charge < -0.3 is 20.1 Å². The van der Waals surface area contributed by atoms with Crippen LogP contribution >= 0.6 is 0 Å². The van der Waals surface area contributed by atoms with Crippen molar-refractivity contribution in [3.05, 3.63) is 30.3 Å². The summed E-state index contributed by atoms with van der Waals surface area (Å²) in [5.74, 6) is -0.00957. The Labute approximate surface area is 104 Å². The molecule has 1 saturated heterocycles. The number of rotatable bonds is 5. The fraction of sp³-hybridized carbons (Fsp3) is 0.333. The largest absolute Gasteiger partial charge is 0.484 e. The van der Waals surface area contributed by atoms with E-state index in [1.807, 2.05) is 18.2 Å². The van der Waals surface area contributed by atoms with Crippen molar-refractivity contribution in [1.29, 1.82) is 0 Å². The lowest BCUT2D eigenvalue weighted by Crippen LogP contribution is -2.70. The predicted octanol–water partition coefficient (Wildman–Crippen LogP) is -0.347. The van der Waals surface area contributed by atoms with Gasteiger partial charge in [0.25, 0.3) is 5.91 Å². The lowest BCUT2D eigenvalue weighted by molar-refractivity contribution is -0.148. The van der Waals surface area contributed by atoms with Crippen molar-refractivity contribution in [2.45, 2.75) is 12.3 Å². The number of carbonyl (C=O) groups is 2. The highest BCUT2D eigenvalue weighted by molar-refractivity contribution is 5.93. The lowest BCUT2D eigenvalue weighted by atomic mass is 10.1. The van der Waals surface area contributed by atoms with Crippen LogP contribution in [0, 0.1) is 0 Å². The van der Waals surface area contributed by atoms with Crippen molar-refractivity contribution in [3.8, 4) is 5.75 Å². The second kappa shape index (κ2) is 5.50. The van der Waals surface area contributed by atoms with Crippen LogP contribution in [-0.4, -0.2) is 37.8 Å². The molecule has 0 aliphatic carbocycles. The SMILES string of the molecule is CO[C@@H]1NC(=O)[C@H]1NC(=O)COc1ccccc1. The van der Waals surface area contributed by atoms with E-state index in [9.17, 15) is 9.59 Å². The maximum Gasteiger partial charge on any atom is 0.258 e. The van der Waals surface area contributed by atoms with Gasteiger partial charge in [0.1, 0.15) is 5.75 Å². The zero-order valence-electron chi connectivity index (χ0n) is 9.88. The van der Waals surface area contributed by atoms with E-state index in [0.717, 1.165) is 0 Å². The maximum absolute atomic E-state index is 11.6. The van der Waals surface area contributed by atoms with Gasteiger partial charge >= 0.3 is 0 Å². The third kappa shape index (κ3) is 2.78. The fourth-order valence-corrected chi connectivity index (χ4v) is 1.57. The molecule has 1 heterocycles. The first-order valence-electron chi connectivity index (χ1n) is 5.51. The van der Waals surface area contributed by atoms with E-state index < -0.39 is 12.3 Å². The van der Waals surface area contributed by atoms with Gasteiger partial charge in [-0.1, -0.05) is 18.2 Å². The summed E-state index contributed by atoms with van der Waals surface area (Å²) in [5.41, 5.74) is 0. The molecule has 2 rings (SSSR count). The normalized spacial score (nSPS) is 21.7. The van der Waals surface area contributed by atoms with Crippen molar-refractivity contribution < 1.29 is 19.1 Å². The van der Waals surface area contributed by atoms with Gasteiger partial charge in [-0.05, 0) is 12.1 Å². The first-order chi connectivity index (χ1) is 8.70. The van der Waals surface area contributed by atoms with Crippen LogP contribution in [0.3, 0.4) is 0 Å². The van der Waals surface area contributed by atoms with Gasteiger partial charge in [0.05, 0.1) is 0 Å². The molecule has 0 unspecified atom stereocenters. The van der Waals surface area contributed by atoms with E-state index >= 15 is 0 Å². The second-order valence-corrected chi connectivity index (χ2v) is 3.81. The number of benzene rings is 1. The summed E-state index contributed by atoms with van der Waals surface area (Å²) in [6.45, 7) is -0.135. The average molecular weight is 250 g/mol. The number of ether oxygens (including phenoxy) is 2. The van der Waals surface area contributed by atoms with E-state index in [2.05, 4.69) is 10.6 Å². The van der Waals surface area contributed by atoms with E-state index in [0.29, 0.717) is 5.75 Å². The number of methoxy groups -OCH3 is 1. The number of hydrogen-bond acceptors (Lipinski definition) is 4. The summed E-state index contributed by atoms with van der Waals surface area (Å²) < 4.78 is 10.2. The van der Waals surface area contributed by atoms with Crippen LogP contribution in [0.2, 0.25) is 0 Å². The molecule has 0 saturated carbocycles. The topological polar surface area (TPSA) is 76.7 Å². The molecule has 1 aliphatic heterocycles. The average Bonchev–Trinajstić information content (AvgIpc) is 2.41. The Morgan fingerprint density at radius 2 is 2.11 bits per heavy atom. The number of nitrogens with one attached hydrogen (secondary N) is 2. The highest BCUT2D eigenvalue weighted by Gasteiger charge is 2.40. The van der Waals surface area contributed by atoms with Crippen molar-refractivity contribution in [1.82, 2.24) is 10.6 Å². The Kier molecular flexibility index (Phi) is 3.78. The molecule has 96 valence electrons. The Bertz CT molecular complexity index is 435. The molecule has 2 N–H and O–H groups in total. The van der Waals surface area contributed by atoms with E-state index in [1.165, 1.54) is 7.11 Å². The number of para-hydroxylation sites is 1. The molecular weight excluding hydrogens is 236 g/mol. The molecule has 2 atom stereocenters. The maximum atomic E-state index is 11.6. The molecule has 0 bridgehead atoms. The monoisotopic (exact) mass is 250 g/mol. The zero-order chi connectivity index (χ0) is 13.0. The molecule has 6 heteroatoms. The first-order valence-corrected chi connectivity index (χ1v) is 5.51. The van der Waals surface area contributed by atoms with Crippen LogP contribution in [0.1, 0.15) is 0 Å². The van der Waals surface area contributed by atoms with Gasteiger partial charge in [0.15, 0.2) is 18.9 Å². The van der Waals surface area contributed by atoms with E-state index in [-0.39, 0.29) is 18.4 Å². The minimum atomic E-state index is -0.637. The van der Waals surface area contributed by atoms with Crippen LogP contribution < -0.4 is 15.4 Å². The molecule has 0 spiro atoms. The number of carbonyl (C=O) groups excluding carboxylic acids is 2. The van der Waals surface area contributed by atoms with Crippen molar-refractivity contribution in [2.75, 3.05) is 13.7 Å². The van der Waals surface area contributed by atoms with Crippen LogP contribution in [0.5, 0.6) is 5.75 Å². The van der Waals surface area contributed by atoms with E-state index in [1.54, 1.807) is 12.1 Å². The highest BCUT2D eigenvalue weighted by Crippen LogP contribution is 2.09. The Balaban J connectivity index is 1.77. The third-order valence-electron chi connectivity index (χ3n) is 2.55. The number of amides is 2. The molecule has 6 nitrogen and oxygen atoms in total. The van der Waals surface area contributed by atoms with Gasteiger partial charge in [-0.15, -0.1) is 0 Å². The summed E-state index contributed by atoms with van der Waals surface area (Å²) in [4.78, 5) is 22.7. The number of β-lactam (4-membered cyclic amide) rings is 1. The third-order valence-corrected chi connectivity index (χ3v) is 2.55. The highest BCUT2D eigenvalue weighted by atomic mass is 16.5. The van der Waals surface area contributed by atoms with Gasteiger partial charge in [0, 0.05) is 7.11 Å². The molecule has 1 aromatic rings. The Hall–Kier alpha value is -2.08. The Morgan fingerprint density at radius 3 is 2.72 bits per heavy atom. The van der Waals surface area contributed by atoms with Gasteiger partial charge in [-0.3, -0.25) is 9.59 Å². The quantitative estimate of drug-likeness (QED) is 0.700. The summed E-state index contributed by atoms with van der Waals surface area (Å²) >= 11 is 0. The van der Waals surface area contributed by atoms with Gasteiger partial charge in [-0.25, -0.2) is 0 Å². The Morgan fingerprint density at radius 1 is 1.39 bits per heavy atom. The van der Waals surface area contributed by atoms with Crippen LogP contribution in [0.15, 0.2) is 30.3 Å². The van der Waals surface area contributed by atoms with Crippen molar-refractivity contribution in [2.24, 2.45) is 0 Å². The van der Waals surface area contributed by atoms with E-state index in [4.69, 9.17) is 9.47 Å². The smallest absolute Gasteiger partial charge is 0.258 e. The zero-order valence-corrected chi connectivity index (χ0v) is 9.88. The minimum absolute atomic E-state index is 0.135. The molecule has 1 fully saturated rings. The second-order valence-electron chi connectivity index (χ2n) is 3.81. The summed E-state index contributed by atoms with van der Waals surface area (Å²) in [5, 5.41) is 5.04. The minimum Gasteiger partial charge on any atom is -0.484 e. The van der Waals surface area contributed by atoms with Gasteiger partial charge in [-0.2, -0.15) is 0 Å².